The van der Waals surface area contributed by atoms with E-state index in [1.165, 1.54) is 12.8 Å². The van der Waals surface area contributed by atoms with Crippen molar-refractivity contribution >= 4 is 11.6 Å². The van der Waals surface area contributed by atoms with Crippen molar-refractivity contribution in [2.75, 3.05) is 13.1 Å². The van der Waals surface area contributed by atoms with Gasteiger partial charge in [-0.05, 0) is 25.5 Å². The van der Waals surface area contributed by atoms with Gasteiger partial charge < -0.3 is 10.3 Å². The second-order valence-corrected chi connectivity index (χ2v) is 4.89. The molecule has 1 atom stereocenters. The molecule has 5 heteroatoms. The van der Waals surface area contributed by atoms with E-state index in [1.807, 2.05) is 17.0 Å². The standard InChI is InChI=1S/C12H15ClN4/c13-10-4-12(15-6-10)17-7-11(16-8-17)9-2-1-3-14-5-9/h4,6-9,14-15H,1-3,5H2/t9-/m0/s1. The molecule has 3 rings (SSSR count). The Bertz CT molecular complexity index is 496. The molecule has 0 aromatic carbocycles. The van der Waals surface area contributed by atoms with Crippen LogP contribution in [0.3, 0.4) is 0 Å². The van der Waals surface area contributed by atoms with Crippen LogP contribution in [0, 0.1) is 0 Å². The first-order chi connectivity index (χ1) is 8.33. The molecule has 0 aliphatic carbocycles. The molecule has 2 aromatic rings. The van der Waals surface area contributed by atoms with E-state index in [1.54, 1.807) is 6.20 Å². The zero-order valence-electron chi connectivity index (χ0n) is 9.49. The lowest BCUT2D eigenvalue weighted by Gasteiger charge is -2.20. The molecular weight excluding hydrogens is 236 g/mol. The summed E-state index contributed by atoms with van der Waals surface area (Å²) in [6.45, 7) is 2.16. The zero-order chi connectivity index (χ0) is 11.7. The molecule has 0 saturated carbocycles. The Morgan fingerprint density at radius 2 is 2.41 bits per heavy atom. The number of hydrogen-bond acceptors (Lipinski definition) is 2. The molecule has 0 spiro atoms. The van der Waals surface area contributed by atoms with Crippen molar-refractivity contribution in [3.8, 4) is 5.82 Å². The largest absolute Gasteiger partial charge is 0.346 e. The number of imidazole rings is 1. The Labute approximate surface area is 105 Å². The van der Waals surface area contributed by atoms with E-state index < -0.39 is 0 Å². The molecule has 1 fully saturated rings. The van der Waals surface area contributed by atoms with Crippen molar-refractivity contribution in [2.24, 2.45) is 0 Å². The lowest BCUT2D eigenvalue weighted by atomic mass is 9.97. The van der Waals surface area contributed by atoms with E-state index in [4.69, 9.17) is 11.6 Å². The molecule has 2 aromatic heterocycles. The van der Waals surface area contributed by atoms with Crippen LogP contribution in [0.25, 0.3) is 5.82 Å². The summed E-state index contributed by atoms with van der Waals surface area (Å²) >= 11 is 5.89. The van der Waals surface area contributed by atoms with E-state index >= 15 is 0 Å². The topological polar surface area (TPSA) is 45.6 Å². The van der Waals surface area contributed by atoms with Crippen LogP contribution in [0.2, 0.25) is 5.02 Å². The normalized spacial score (nSPS) is 20.6. The molecule has 1 aliphatic heterocycles. The molecule has 17 heavy (non-hydrogen) atoms. The highest BCUT2D eigenvalue weighted by atomic mass is 35.5. The fraction of sp³-hybridized carbons (Fsp3) is 0.417. The van der Waals surface area contributed by atoms with Gasteiger partial charge >= 0.3 is 0 Å². The van der Waals surface area contributed by atoms with Gasteiger partial charge in [0.25, 0.3) is 0 Å². The second-order valence-electron chi connectivity index (χ2n) is 4.45. The number of aromatic amines is 1. The van der Waals surface area contributed by atoms with Crippen molar-refractivity contribution < 1.29 is 0 Å². The Morgan fingerprint density at radius 3 is 3.12 bits per heavy atom. The van der Waals surface area contributed by atoms with Gasteiger partial charge in [0, 0.05) is 24.9 Å². The van der Waals surface area contributed by atoms with Crippen LogP contribution in [-0.2, 0) is 0 Å². The molecular formula is C12H15ClN4. The number of hydrogen-bond donors (Lipinski definition) is 2. The molecule has 0 bridgehead atoms. The van der Waals surface area contributed by atoms with Gasteiger partial charge in [-0.2, -0.15) is 0 Å². The van der Waals surface area contributed by atoms with Gasteiger partial charge in [-0.25, -0.2) is 4.98 Å². The van der Waals surface area contributed by atoms with Gasteiger partial charge in [0.1, 0.15) is 12.1 Å². The van der Waals surface area contributed by atoms with Gasteiger partial charge in [0.2, 0.25) is 0 Å². The molecule has 4 nitrogen and oxygen atoms in total. The minimum atomic E-state index is 0.537. The minimum Gasteiger partial charge on any atom is -0.346 e. The molecule has 0 radical (unpaired) electrons. The van der Waals surface area contributed by atoms with Crippen LogP contribution in [0.15, 0.2) is 24.8 Å². The summed E-state index contributed by atoms with van der Waals surface area (Å²) in [6.07, 6.45) is 8.14. The number of nitrogens with one attached hydrogen (secondary N) is 2. The van der Waals surface area contributed by atoms with Crippen LogP contribution >= 0.6 is 11.6 Å². The molecule has 2 N–H and O–H groups in total. The van der Waals surface area contributed by atoms with E-state index in [0.29, 0.717) is 5.92 Å². The van der Waals surface area contributed by atoms with E-state index in [2.05, 4.69) is 21.5 Å². The Hall–Kier alpha value is -1.26. The average molecular weight is 251 g/mol. The molecule has 0 unspecified atom stereocenters. The van der Waals surface area contributed by atoms with Crippen LogP contribution in [0.5, 0.6) is 0 Å². The van der Waals surface area contributed by atoms with Gasteiger partial charge in [-0.1, -0.05) is 11.6 Å². The van der Waals surface area contributed by atoms with E-state index in [-0.39, 0.29) is 0 Å². The summed E-state index contributed by atoms with van der Waals surface area (Å²) in [5.74, 6) is 1.49. The van der Waals surface area contributed by atoms with Gasteiger partial charge in [-0.3, -0.25) is 4.57 Å². The third-order valence-corrected chi connectivity index (χ3v) is 3.45. The highest BCUT2D eigenvalue weighted by Crippen LogP contribution is 2.22. The summed E-state index contributed by atoms with van der Waals surface area (Å²) in [6, 6.07) is 1.89. The smallest absolute Gasteiger partial charge is 0.116 e. The van der Waals surface area contributed by atoms with Crippen molar-refractivity contribution in [1.82, 2.24) is 19.9 Å². The van der Waals surface area contributed by atoms with Gasteiger partial charge in [-0.15, -0.1) is 0 Å². The molecule has 1 aliphatic rings. The lowest BCUT2D eigenvalue weighted by Crippen LogP contribution is -2.28. The number of piperidine rings is 1. The molecule has 0 amide bonds. The summed E-state index contributed by atoms with van der Waals surface area (Å²) in [5, 5.41) is 4.13. The maximum absolute atomic E-state index is 5.89. The van der Waals surface area contributed by atoms with Crippen molar-refractivity contribution in [2.45, 2.75) is 18.8 Å². The van der Waals surface area contributed by atoms with Crippen LogP contribution < -0.4 is 5.32 Å². The Kier molecular flexibility index (Phi) is 2.91. The predicted molar refractivity (Wildman–Crippen MR) is 67.8 cm³/mol. The van der Waals surface area contributed by atoms with Crippen LogP contribution in [0.1, 0.15) is 24.5 Å². The van der Waals surface area contributed by atoms with Gasteiger partial charge in [0.15, 0.2) is 0 Å². The Balaban J connectivity index is 1.82. The Morgan fingerprint density at radius 1 is 1.47 bits per heavy atom. The summed E-state index contributed by atoms with van der Waals surface area (Å²) in [5.41, 5.74) is 1.16. The number of nitrogens with zero attached hydrogens (tertiary/aromatic N) is 2. The second kappa shape index (κ2) is 4.55. The third kappa shape index (κ3) is 2.23. The molecule has 90 valence electrons. The van der Waals surface area contributed by atoms with Crippen LogP contribution in [-0.4, -0.2) is 27.6 Å². The maximum Gasteiger partial charge on any atom is 0.116 e. The van der Waals surface area contributed by atoms with Crippen molar-refractivity contribution in [1.29, 1.82) is 0 Å². The van der Waals surface area contributed by atoms with E-state index in [9.17, 15) is 0 Å². The van der Waals surface area contributed by atoms with E-state index in [0.717, 1.165) is 29.6 Å². The summed E-state index contributed by atoms with van der Waals surface area (Å²) in [7, 11) is 0. The molecule has 1 saturated heterocycles. The number of aromatic nitrogens is 3. The first kappa shape index (κ1) is 10.9. The fourth-order valence-corrected chi connectivity index (χ4v) is 2.45. The van der Waals surface area contributed by atoms with Crippen molar-refractivity contribution in [3.63, 3.8) is 0 Å². The molecule has 3 heterocycles. The predicted octanol–water partition coefficient (Wildman–Crippen LogP) is 2.32. The number of rotatable bonds is 2. The van der Waals surface area contributed by atoms with Crippen molar-refractivity contribution in [3.05, 3.63) is 35.5 Å². The summed E-state index contributed by atoms with van der Waals surface area (Å²) in [4.78, 5) is 7.60. The summed E-state index contributed by atoms with van der Waals surface area (Å²) < 4.78 is 1.98. The SMILES string of the molecule is Clc1c[nH]c(-n2cnc([C@H]3CCCNC3)c2)c1. The zero-order valence-corrected chi connectivity index (χ0v) is 10.2. The quantitative estimate of drug-likeness (QED) is 0.859. The maximum atomic E-state index is 5.89. The van der Waals surface area contributed by atoms with Gasteiger partial charge in [0.05, 0.1) is 10.7 Å². The van der Waals surface area contributed by atoms with Crippen LogP contribution in [0.4, 0.5) is 0 Å². The number of halogens is 1. The third-order valence-electron chi connectivity index (χ3n) is 3.23. The minimum absolute atomic E-state index is 0.537. The lowest BCUT2D eigenvalue weighted by molar-refractivity contribution is 0.455. The first-order valence-corrected chi connectivity index (χ1v) is 6.29. The highest BCUT2D eigenvalue weighted by molar-refractivity contribution is 6.30. The number of H-pyrrole nitrogens is 1. The fourth-order valence-electron chi connectivity index (χ4n) is 2.29. The highest BCUT2D eigenvalue weighted by Gasteiger charge is 2.17. The monoisotopic (exact) mass is 250 g/mol. The first-order valence-electron chi connectivity index (χ1n) is 5.92. The average Bonchev–Trinajstić information content (AvgIpc) is 2.98.